The zero-order valence-corrected chi connectivity index (χ0v) is 18.6. The van der Waals surface area contributed by atoms with Crippen LogP contribution in [0.2, 0.25) is 0 Å². The Kier molecular flexibility index (Phi) is 8.06. The molecule has 0 aliphatic carbocycles. The predicted octanol–water partition coefficient (Wildman–Crippen LogP) is 2.59. The third-order valence-electron chi connectivity index (χ3n) is 5.78. The van der Waals surface area contributed by atoms with Crippen molar-refractivity contribution in [3.05, 3.63) is 30.3 Å². The minimum Gasteiger partial charge on any atom is -0.507 e. The number of hydrogen-bond acceptors (Lipinski definition) is 7. The largest absolute Gasteiger partial charge is 0.507 e. The number of nitrogens with two attached hydrogens (primary N) is 1. The number of para-hydroxylation sites is 1. The molecule has 1 aliphatic heterocycles. The lowest BCUT2D eigenvalue weighted by Gasteiger charge is -2.36. The minimum absolute atomic E-state index is 0.156. The number of benzene rings is 1. The van der Waals surface area contributed by atoms with E-state index in [4.69, 9.17) is 5.73 Å². The average Bonchev–Trinajstić information content (AvgIpc) is 2.78. The van der Waals surface area contributed by atoms with Crippen molar-refractivity contribution >= 4 is 17.4 Å². The highest BCUT2D eigenvalue weighted by Crippen LogP contribution is 2.31. The second-order valence-corrected chi connectivity index (χ2v) is 8.15. The fourth-order valence-electron chi connectivity index (χ4n) is 3.86. The number of unbranched alkanes of at least 4 members (excludes halogenated alkanes) is 1. The van der Waals surface area contributed by atoms with Crippen molar-refractivity contribution in [3.8, 4) is 17.0 Å². The quantitative estimate of drug-likeness (QED) is 0.636. The molecule has 0 atom stereocenters. The van der Waals surface area contributed by atoms with Crippen LogP contribution in [0.3, 0.4) is 0 Å². The van der Waals surface area contributed by atoms with Gasteiger partial charge in [-0.3, -0.25) is 4.79 Å². The molecule has 0 saturated carbocycles. The molecule has 1 aliphatic rings. The first-order chi connectivity index (χ1) is 15.0. The molecule has 2 heterocycles. The second-order valence-electron chi connectivity index (χ2n) is 8.15. The third-order valence-corrected chi connectivity index (χ3v) is 5.78. The van der Waals surface area contributed by atoms with Gasteiger partial charge in [0.15, 0.2) is 5.82 Å². The van der Waals surface area contributed by atoms with Crippen molar-refractivity contribution in [2.24, 2.45) is 0 Å². The number of amides is 1. The van der Waals surface area contributed by atoms with Gasteiger partial charge in [-0.05, 0) is 51.2 Å². The highest BCUT2D eigenvalue weighted by molar-refractivity contribution is 5.77. The molecule has 168 valence electrons. The SMILES string of the molecule is CCCCN(C)CCCC(=O)N1CCN(c2cc(-c3ccccc3O)nnc2N)CC1. The fourth-order valence-corrected chi connectivity index (χ4v) is 3.86. The van der Waals surface area contributed by atoms with Gasteiger partial charge in [-0.15, -0.1) is 10.2 Å². The van der Waals surface area contributed by atoms with Crippen LogP contribution in [0, 0.1) is 0 Å². The van der Waals surface area contributed by atoms with Crippen LogP contribution in [0.5, 0.6) is 5.75 Å². The maximum Gasteiger partial charge on any atom is 0.222 e. The van der Waals surface area contributed by atoms with E-state index in [9.17, 15) is 9.90 Å². The Balaban J connectivity index is 1.54. The molecule has 1 fully saturated rings. The van der Waals surface area contributed by atoms with Gasteiger partial charge in [-0.25, -0.2) is 0 Å². The monoisotopic (exact) mass is 426 g/mol. The van der Waals surface area contributed by atoms with Crippen LogP contribution in [0.25, 0.3) is 11.3 Å². The number of piperazine rings is 1. The van der Waals surface area contributed by atoms with Crippen molar-refractivity contribution in [1.29, 1.82) is 0 Å². The molecule has 1 amide bonds. The smallest absolute Gasteiger partial charge is 0.222 e. The molecular formula is C23H34N6O2. The summed E-state index contributed by atoms with van der Waals surface area (Å²) in [6.07, 6.45) is 3.88. The lowest BCUT2D eigenvalue weighted by molar-refractivity contribution is -0.131. The lowest BCUT2D eigenvalue weighted by Crippen LogP contribution is -2.49. The van der Waals surface area contributed by atoms with Gasteiger partial charge in [-0.2, -0.15) is 0 Å². The Bertz CT molecular complexity index is 867. The Morgan fingerprint density at radius 3 is 2.55 bits per heavy atom. The number of aromatic nitrogens is 2. The molecule has 1 aromatic heterocycles. The number of carbonyl (C=O) groups is 1. The van der Waals surface area contributed by atoms with Crippen molar-refractivity contribution in [1.82, 2.24) is 20.0 Å². The molecule has 0 spiro atoms. The van der Waals surface area contributed by atoms with E-state index in [1.54, 1.807) is 18.2 Å². The van der Waals surface area contributed by atoms with Gasteiger partial charge < -0.3 is 25.5 Å². The molecule has 8 nitrogen and oxygen atoms in total. The van der Waals surface area contributed by atoms with E-state index < -0.39 is 0 Å². The van der Waals surface area contributed by atoms with E-state index in [1.165, 1.54) is 12.8 Å². The zero-order chi connectivity index (χ0) is 22.2. The highest BCUT2D eigenvalue weighted by atomic mass is 16.3. The Hall–Kier alpha value is -2.87. The van der Waals surface area contributed by atoms with Crippen molar-refractivity contribution < 1.29 is 9.90 Å². The van der Waals surface area contributed by atoms with E-state index in [0.29, 0.717) is 49.7 Å². The fraction of sp³-hybridized carbons (Fsp3) is 0.522. The molecule has 3 rings (SSSR count). The molecule has 1 aromatic carbocycles. The van der Waals surface area contributed by atoms with Crippen LogP contribution >= 0.6 is 0 Å². The van der Waals surface area contributed by atoms with Crippen LogP contribution in [0.15, 0.2) is 30.3 Å². The molecule has 3 N–H and O–H groups in total. The van der Waals surface area contributed by atoms with Gasteiger partial charge in [0.2, 0.25) is 5.91 Å². The number of anilines is 2. The van der Waals surface area contributed by atoms with E-state index >= 15 is 0 Å². The second kappa shape index (κ2) is 10.9. The van der Waals surface area contributed by atoms with Gasteiger partial charge >= 0.3 is 0 Å². The standard InChI is InChI=1S/C23H34N6O2/c1-3-4-11-27(2)12-7-10-22(31)29-15-13-28(14-16-29)20-17-19(25-26-23(20)24)18-8-5-6-9-21(18)30/h5-6,8-9,17,30H,3-4,7,10-16H2,1-2H3,(H2,24,26). The molecule has 0 unspecified atom stereocenters. The van der Waals surface area contributed by atoms with Gasteiger partial charge in [0.05, 0.1) is 11.4 Å². The Morgan fingerprint density at radius 1 is 1.13 bits per heavy atom. The number of nitrogens with zero attached hydrogens (tertiary/aromatic N) is 5. The molecule has 31 heavy (non-hydrogen) atoms. The van der Waals surface area contributed by atoms with Gasteiger partial charge in [0.1, 0.15) is 5.75 Å². The van der Waals surface area contributed by atoms with E-state index in [-0.39, 0.29) is 11.7 Å². The van der Waals surface area contributed by atoms with Crippen molar-refractivity contribution in [2.75, 3.05) is 56.9 Å². The number of phenolic OH excluding ortho intramolecular Hbond substituents is 1. The van der Waals surface area contributed by atoms with E-state index in [2.05, 4.69) is 34.0 Å². The number of hydrogen-bond donors (Lipinski definition) is 2. The predicted molar refractivity (Wildman–Crippen MR) is 124 cm³/mol. The third kappa shape index (κ3) is 6.07. The van der Waals surface area contributed by atoms with Crippen LogP contribution < -0.4 is 10.6 Å². The normalized spacial score (nSPS) is 14.3. The van der Waals surface area contributed by atoms with Gasteiger partial charge in [-0.1, -0.05) is 25.5 Å². The average molecular weight is 427 g/mol. The van der Waals surface area contributed by atoms with Crippen molar-refractivity contribution in [3.63, 3.8) is 0 Å². The molecule has 8 heteroatoms. The summed E-state index contributed by atoms with van der Waals surface area (Å²) < 4.78 is 0. The van der Waals surface area contributed by atoms with Gasteiger partial charge in [0.25, 0.3) is 0 Å². The number of nitrogen functional groups attached to an aromatic ring is 1. The topological polar surface area (TPSA) is 98.8 Å². The molecule has 1 saturated heterocycles. The van der Waals surface area contributed by atoms with E-state index in [0.717, 1.165) is 25.2 Å². The minimum atomic E-state index is 0.156. The van der Waals surface area contributed by atoms with E-state index in [1.807, 2.05) is 17.0 Å². The summed E-state index contributed by atoms with van der Waals surface area (Å²) in [5.41, 5.74) is 8.08. The number of rotatable bonds is 9. The summed E-state index contributed by atoms with van der Waals surface area (Å²) in [5.74, 6) is 0.733. The number of phenols is 1. The summed E-state index contributed by atoms with van der Waals surface area (Å²) >= 11 is 0. The summed E-state index contributed by atoms with van der Waals surface area (Å²) in [7, 11) is 2.12. The molecule has 2 aromatic rings. The first kappa shape index (κ1) is 22.8. The molecular weight excluding hydrogens is 392 g/mol. The molecule has 0 radical (unpaired) electrons. The summed E-state index contributed by atoms with van der Waals surface area (Å²) in [4.78, 5) is 19.0. The number of carbonyl (C=O) groups excluding carboxylic acids is 1. The maximum absolute atomic E-state index is 12.6. The highest BCUT2D eigenvalue weighted by Gasteiger charge is 2.23. The van der Waals surface area contributed by atoms with Crippen LogP contribution in [0.1, 0.15) is 32.6 Å². The summed E-state index contributed by atoms with van der Waals surface area (Å²) in [6.45, 7) is 6.96. The Morgan fingerprint density at radius 2 is 1.84 bits per heavy atom. The first-order valence-corrected chi connectivity index (χ1v) is 11.1. The number of aromatic hydroxyl groups is 1. The van der Waals surface area contributed by atoms with Crippen LogP contribution in [0.4, 0.5) is 11.5 Å². The van der Waals surface area contributed by atoms with Gasteiger partial charge in [0, 0.05) is 38.2 Å². The van der Waals surface area contributed by atoms with Crippen molar-refractivity contribution in [2.45, 2.75) is 32.6 Å². The Labute approximate surface area is 184 Å². The van der Waals surface area contributed by atoms with Crippen LogP contribution in [-0.2, 0) is 4.79 Å². The molecule has 0 bridgehead atoms. The zero-order valence-electron chi connectivity index (χ0n) is 18.6. The van der Waals surface area contributed by atoms with Crippen LogP contribution in [-0.4, -0.2) is 77.3 Å². The first-order valence-electron chi connectivity index (χ1n) is 11.1. The summed E-state index contributed by atoms with van der Waals surface area (Å²) in [5, 5.41) is 18.4. The maximum atomic E-state index is 12.6. The summed E-state index contributed by atoms with van der Waals surface area (Å²) in [6, 6.07) is 8.90. The lowest BCUT2D eigenvalue weighted by atomic mass is 10.1.